The van der Waals surface area contributed by atoms with Crippen molar-refractivity contribution in [3.63, 3.8) is 0 Å². The topological polar surface area (TPSA) is 27.1 Å². The molecule has 0 spiro atoms. The number of rotatable bonds is 2. The van der Waals surface area contributed by atoms with E-state index in [1.54, 1.807) is 16.9 Å². The molecule has 2 aromatic rings. The number of thioether (sulfide) groups is 1. The van der Waals surface area contributed by atoms with Gasteiger partial charge in [-0.15, -0.1) is 11.8 Å². The maximum Gasteiger partial charge on any atom is 0.157 e. The van der Waals surface area contributed by atoms with Crippen molar-refractivity contribution in [1.29, 1.82) is 0 Å². The molecular weight excluding hydrogens is 287 g/mol. The maximum atomic E-state index is 14.1. The van der Waals surface area contributed by atoms with E-state index in [1.165, 1.54) is 11.8 Å². The van der Waals surface area contributed by atoms with Gasteiger partial charge in [-0.05, 0) is 31.6 Å². The molecule has 0 amide bonds. The Labute approximate surface area is 120 Å². The van der Waals surface area contributed by atoms with Gasteiger partial charge in [0, 0.05) is 12.0 Å². The van der Waals surface area contributed by atoms with Crippen LogP contribution in [0.5, 0.6) is 0 Å². The summed E-state index contributed by atoms with van der Waals surface area (Å²) in [6.45, 7) is 0.733. The van der Waals surface area contributed by atoms with E-state index >= 15 is 0 Å². The van der Waals surface area contributed by atoms with Gasteiger partial charge in [-0.2, -0.15) is 5.10 Å². The summed E-state index contributed by atoms with van der Waals surface area (Å²) in [5.41, 5.74) is 0.779. The average molecular weight is 301 g/mol. The smallest absolute Gasteiger partial charge is 0.157 e. The molecule has 2 heterocycles. The van der Waals surface area contributed by atoms with Crippen molar-refractivity contribution < 1.29 is 9.13 Å². The van der Waals surface area contributed by atoms with E-state index in [9.17, 15) is 4.39 Å². The lowest BCUT2D eigenvalue weighted by molar-refractivity contribution is -0.0369. The highest BCUT2D eigenvalue weighted by atomic mass is 35.5. The Morgan fingerprint density at radius 1 is 1.53 bits per heavy atom. The van der Waals surface area contributed by atoms with E-state index in [-0.39, 0.29) is 17.1 Å². The van der Waals surface area contributed by atoms with Crippen LogP contribution in [0.3, 0.4) is 0 Å². The van der Waals surface area contributed by atoms with Gasteiger partial charge in [-0.25, -0.2) is 9.07 Å². The second-order valence-corrected chi connectivity index (χ2v) is 5.78. The normalized spacial score (nSPS) is 20.1. The summed E-state index contributed by atoms with van der Waals surface area (Å²) in [4.78, 5) is 0.536. The van der Waals surface area contributed by atoms with Gasteiger partial charge in [0.1, 0.15) is 0 Å². The standard InChI is InChI=1S/C13H14ClFN2OS/c1-19-13-11(15)9(14)6-8-7-16-17(12(8)13)10-4-2-3-5-18-10/h6-7,10H,2-5H2,1H3. The molecule has 0 bridgehead atoms. The van der Waals surface area contributed by atoms with Crippen LogP contribution in [0.25, 0.3) is 10.9 Å². The van der Waals surface area contributed by atoms with Crippen molar-refractivity contribution in [2.75, 3.05) is 12.9 Å². The Kier molecular flexibility index (Phi) is 3.69. The number of hydrogen-bond donors (Lipinski definition) is 0. The van der Waals surface area contributed by atoms with Gasteiger partial charge in [-0.1, -0.05) is 11.6 Å². The van der Waals surface area contributed by atoms with Crippen LogP contribution in [0.1, 0.15) is 25.5 Å². The Morgan fingerprint density at radius 2 is 2.37 bits per heavy atom. The first kappa shape index (κ1) is 13.2. The summed E-state index contributed by atoms with van der Waals surface area (Å²) in [5.74, 6) is -0.376. The van der Waals surface area contributed by atoms with Crippen LogP contribution in [-0.4, -0.2) is 22.6 Å². The fourth-order valence-electron chi connectivity index (χ4n) is 2.45. The zero-order chi connectivity index (χ0) is 13.4. The Hall–Kier alpha value is -0.780. The predicted octanol–water partition coefficient (Wildman–Crippen LogP) is 4.25. The van der Waals surface area contributed by atoms with Gasteiger partial charge >= 0.3 is 0 Å². The second-order valence-electron chi connectivity index (χ2n) is 4.55. The maximum absolute atomic E-state index is 14.1. The Balaban J connectivity index is 2.17. The summed E-state index contributed by atoms with van der Waals surface area (Å²) in [6, 6.07) is 1.62. The van der Waals surface area contributed by atoms with E-state index < -0.39 is 0 Å². The van der Waals surface area contributed by atoms with E-state index in [1.807, 2.05) is 6.26 Å². The third kappa shape index (κ3) is 2.24. The van der Waals surface area contributed by atoms with Crippen LogP contribution in [0.4, 0.5) is 4.39 Å². The molecule has 1 unspecified atom stereocenters. The molecule has 19 heavy (non-hydrogen) atoms. The van der Waals surface area contributed by atoms with Crippen LogP contribution >= 0.6 is 23.4 Å². The molecule has 0 aliphatic carbocycles. The molecule has 0 saturated carbocycles. The van der Waals surface area contributed by atoms with Crippen LogP contribution in [-0.2, 0) is 4.74 Å². The van der Waals surface area contributed by atoms with Crippen molar-refractivity contribution in [3.8, 4) is 0 Å². The molecule has 1 atom stereocenters. The van der Waals surface area contributed by atoms with Gasteiger partial charge in [0.25, 0.3) is 0 Å². The quantitative estimate of drug-likeness (QED) is 0.776. The molecule has 1 aliphatic rings. The highest BCUT2D eigenvalue weighted by molar-refractivity contribution is 7.98. The molecule has 3 nitrogen and oxygen atoms in total. The minimum absolute atomic E-state index is 0.0993. The van der Waals surface area contributed by atoms with Crippen molar-refractivity contribution in [1.82, 2.24) is 9.78 Å². The summed E-state index contributed by atoms with van der Waals surface area (Å²) < 4.78 is 21.6. The first-order valence-electron chi connectivity index (χ1n) is 6.23. The van der Waals surface area contributed by atoms with Crippen LogP contribution in [0.2, 0.25) is 5.02 Å². The Morgan fingerprint density at radius 3 is 3.05 bits per heavy atom. The lowest BCUT2D eigenvalue weighted by Crippen LogP contribution is -2.19. The number of hydrogen-bond acceptors (Lipinski definition) is 3. The molecule has 6 heteroatoms. The first-order chi connectivity index (χ1) is 9.22. The Bertz CT molecular complexity index is 610. The largest absolute Gasteiger partial charge is 0.356 e. The monoisotopic (exact) mass is 300 g/mol. The zero-order valence-corrected chi connectivity index (χ0v) is 12.1. The van der Waals surface area contributed by atoms with Crippen molar-refractivity contribution >= 4 is 34.3 Å². The van der Waals surface area contributed by atoms with Crippen LogP contribution < -0.4 is 0 Å². The summed E-state index contributed by atoms with van der Waals surface area (Å²) in [7, 11) is 0. The van der Waals surface area contributed by atoms with E-state index in [0.29, 0.717) is 4.90 Å². The lowest BCUT2D eigenvalue weighted by Gasteiger charge is -2.24. The molecule has 1 aromatic heterocycles. The number of aromatic nitrogens is 2. The number of ether oxygens (including phenoxy) is 1. The summed E-state index contributed by atoms with van der Waals surface area (Å²) in [6.07, 6.45) is 6.56. The molecule has 0 N–H and O–H groups in total. The number of nitrogens with zero attached hydrogens (tertiary/aromatic N) is 2. The molecule has 1 aromatic carbocycles. The van der Waals surface area contributed by atoms with Gasteiger partial charge in [0.2, 0.25) is 0 Å². The molecule has 102 valence electrons. The van der Waals surface area contributed by atoms with Crippen molar-refractivity contribution in [2.45, 2.75) is 30.4 Å². The molecule has 1 aliphatic heterocycles. The van der Waals surface area contributed by atoms with Crippen molar-refractivity contribution in [2.24, 2.45) is 0 Å². The molecule has 1 saturated heterocycles. The summed E-state index contributed by atoms with van der Waals surface area (Å²) in [5, 5.41) is 5.35. The lowest BCUT2D eigenvalue weighted by atomic mass is 10.2. The third-order valence-corrected chi connectivity index (χ3v) is 4.42. The average Bonchev–Trinajstić information content (AvgIpc) is 2.84. The SMILES string of the molecule is CSc1c(F)c(Cl)cc2cnn(C3CCCCO3)c12. The van der Waals surface area contributed by atoms with E-state index in [4.69, 9.17) is 16.3 Å². The minimum Gasteiger partial charge on any atom is -0.356 e. The van der Waals surface area contributed by atoms with Crippen LogP contribution in [0, 0.1) is 5.82 Å². The highest BCUT2D eigenvalue weighted by Crippen LogP contribution is 2.36. The first-order valence-corrected chi connectivity index (χ1v) is 7.83. The number of fused-ring (bicyclic) bond motifs is 1. The van der Waals surface area contributed by atoms with Gasteiger partial charge in [0.05, 0.1) is 21.6 Å². The molecule has 0 radical (unpaired) electrons. The molecule has 3 rings (SSSR count). The van der Waals surface area contributed by atoms with Gasteiger partial charge < -0.3 is 4.74 Å². The van der Waals surface area contributed by atoms with Gasteiger partial charge in [-0.3, -0.25) is 0 Å². The highest BCUT2D eigenvalue weighted by Gasteiger charge is 2.22. The second kappa shape index (κ2) is 5.31. The van der Waals surface area contributed by atoms with E-state index in [2.05, 4.69) is 5.10 Å². The van der Waals surface area contributed by atoms with Gasteiger partial charge in [0.15, 0.2) is 12.0 Å². The molecule has 1 fully saturated rings. The third-order valence-electron chi connectivity index (χ3n) is 3.36. The number of benzene rings is 1. The fraction of sp³-hybridized carbons (Fsp3) is 0.462. The predicted molar refractivity (Wildman–Crippen MR) is 75.3 cm³/mol. The summed E-state index contributed by atoms with van der Waals surface area (Å²) >= 11 is 7.26. The zero-order valence-electron chi connectivity index (χ0n) is 10.5. The van der Waals surface area contributed by atoms with Crippen molar-refractivity contribution in [3.05, 3.63) is 23.1 Å². The fourth-order valence-corrected chi connectivity index (χ4v) is 3.41. The van der Waals surface area contributed by atoms with E-state index in [0.717, 1.165) is 36.8 Å². The van der Waals surface area contributed by atoms with Crippen LogP contribution in [0.15, 0.2) is 17.2 Å². The minimum atomic E-state index is -0.376. The number of halogens is 2. The molecular formula is C13H14ClFN2OS.